The van der Waals surface area contributed by atoms with Crippen LogP contribution in [0.4, 0.5) is 0 Å². The summed E-state index contributed by atoms with van der Waals surface area (Å²) in [6.07, 6.45) is 2.46. The minimum Gasteiger partial charge on any atom is -0.352 e. The maximum absolute atomic E-state index is 12.2. The zero-order chi connectivity index (χ0) is 18.4. The van der Waals surface area contributed by atoms with Gasteiger partial charge in [-0.2, -0.15) is 10.5 Å². The highest BCUT2D eigenvalue weighted by molar-refractivity contribution is 5.93. The summed E-state index contributed by atoms with van der Waals surface area (Å²) >= 11 is 0. The predicted molar refractivity (Wildman–Crippen MR) is 95.8 cm³/mol. The molecule has 2 heterocycles. The molecule has 1 aromatic carbocycles. The molecule has 0 radical (unpaired) electrons. The molecule has 1 aliphatic heterocycles. The Morgan fingerprint density at radius 1 is 1.27 bits per heavy atom. The van der Waals surface area contributed by atoms with Crippen molar-refractivity contribution in [2.24, 2.45) is 5.92 Å². The van der Waals surface area contributed by atoms with E-state index in [0.29, 0.717) is 29.3 Å². The van der Waals surface area contributed by atoms with E-state index in [-0.39, 0.29) is 5.91 Å². The van der Waals surface area contributed by atoms with Gasteiger partial charge in [0.25, 0.3) is 5.91 Å². The van der Waals surface area contributed by atoms with Gasteiger partial charge in [0.1, 0.15) is 11.8 Å². The number of hydrogen-bond donors (Lipinski definition) is 1. The zero-order valence-electron chi connectivity index (χ0n) is 14.4. The SMILES string of the molecule is N#Cc1cccc(CN2CC[C@H](CNC(=O)c3ccc(C#N)nc3)C2)c1. The van der Waals surface area contributed by atoms with Gasteiger partial charge < -0.3 is 5.32 Å². The topological polar surface area (TPSA) is 92.8 Å². The summed E-state index contributed by atoms with van der Waals surface area (Å²) in [6.45, 7) is 3.34. The van der Waals surface area contributed by atoms with Crippen LogP contribution in [0.25, 0.3) is 0 Å². The van der Waals surface area contributed by atoms with Crippen molar-refractivity contribution in [2.75, 3.05) is 19.6 Å². The number of likely N-dealkylation sites (tertiary alicyclic amines) is 1. The van der Waals surface area contributed by atoms with Crippen molar-refractivity contribution >= 4 is 5.91 Å². The molecule has 1 saturated heterocycles. The first-order valence-electron chi connectivity index (χ1n) is 8.53. The average Bonchev–Trinajstić information content (AvgIpc) is 3.13. The summed E-state index contributed by atoms with van der Waals surface area (Å²) < 4.78 is 0. The quantitative estimate of drug-likeness (QED) is 0.895. The Kier molecular flexibility index (Phi) is 5.58. The molecule has 130 valence electrons. The number of aromatic nitrogens is 1. The molecule has 1 atom stereocenters. The van der Waals surface area contributed by atoms with E-state index in [1.807, 2.05) is 30.3 Å². The smallest absolute Gasteiger partial charge is 0.252 e. The normalized spacial score (nSPS) is 16.6. The molecule has 1 aromatic heterocycles. The molecular formula is C20H19N5O. The Bertz CT molecular complexity index is 863. The summed E-state index contributed by atoms with van der Waals surface area (Å²) in [5.74, 6) is 0.242. The van der Waals surface area contributed by atoms with Crippen LogP contribution < -0.4 is 5.32 Å². The van der Waals surface area contributed by atoms with Crippen LogP contribution in [-0.4, -0.2) is 35.4 Å². The highest BCUT2D eigenvalue weighted by Gasteiger charge is 2.23. The Labute approximate surface area is 152 Å². The summed E-state index contributed by atoms with van der Waals surface area (Å²) in [7, 11) is 0. The summed E-state index contributed by atoms with van der Waals surface area (Å²) in [5, 5.41) is 20.7. The van der Waals surface area contributed by atoms with Crippen LogP contribution in [0.3, 0.4) is 0 Å². The average molecular weight is 345 g/mol. The molecule has 0 bridgehead atoms. The molecule has 1 amide bonds. The van der Waals surface area contributed by atoms with Crippen LogP contribution >= 0.6 is 0 Å². The van der Waals surface area contributed by atoms with Gasteiger partial charge in [-0.1, -0.05) is 12.1 Å². The summed E-state index contributed by atoms with van der Waals surface area (Å²) in [5.41, 5.74) is 2.58. The number of benzene rings is 1. The maximum atomic E-state index is 12.2. The highest BCUT2D eigenvalue weighted by Crippen LogP contribution is 2.18. The number of carbonyl (C=O) groups excluding carboxylic acids is 1. The standard InChI is InChI=1S/C20H19N5O/c21-9-15-2-1-3-16(8-15)13-25-7-6-17(14-25)11-24-20(26)18-4-5-19(10-22)23-12-18/h1-5,8,12,17H,6-7,11,13-14H2,(H,24,26)/t17-/m1/s1. The van der Waals surface area contributed by atoms with Gasteiger partial charge >= 0.3 is 0 Å². The van der Waals surface area contributed by atoms with Gasteiger partial charge in [0, 0.05) is 25.8 Å². The van der Waals surface area contributed by atoms with Gasteiger partial charge in [-0.25, -0.2) is 4.98 Å². The Balaban J connectivity index is 1.47. The van der Waals surface area contributed by atoms with E-state index >= 15 is 0 Å². The van der Waals surface area contributed by atoms with Crippen molar-refractivity contribution in [1.82, 2.24) is 15.2 Å². The molecular weight excluding hydrogens is 326 g/mol. The van der Waals surface area contributed by atoms with E-state index < -0.39 is 0 Å². The number of carbonyl (C=O) groups is 1. The molecule has 0 spiro atoms. The molecule has 2 aromatic rings. The highest BCUT2D eigenvalue weighted by atomic mass is 16.1. The Morgan fingerprint density at radius 2 is 2.15 bits per heavy atom. The second-order valence-electron chi connectivity index (χ2n) is 6.46. The fourth-order valence-corrected chi connectivity index (χ4v) is 3.15. The maximum Gasteiger partial charge on any atom is 0.252 e. The molecule has 1 N–H and O–H groups in total. The molecule has 0 aliphatic carbocycles. The first kappa shape index (κ1) is 17.6. The predicted octanol–water partition coefficient (Wildman–Crippen LogP) is 2.08. The summed E-state index contributed by atoms with van der Waals surface area (Å²) in [6, 6.07) is 14.9. The lowest BCUT2D eigenvalue weighted by molar-refractivity contribution is 0.0947. The summed E-state index contributed by atoms with van der Waals surface area (Å²) in [4.78, 5) is 18.4. The number of pyridine rings is 1. The lowest BCUT2D eigenvalue weighted by Crippen LogP contribution is -2.31. The van der Waals surface area contributed by atoms with E-state index in [0.717, 1.165) is 31.6 Å². The minimum atomic E-state index is -0.165. The van der Waals surface area contributed by atoms with Gasteiger partial charge in [-0.05, 0) is 48.7 Å². The minimum absolute atomic E-state index is 0.165. The van der Waals surface area contributed by atoms with Crippen molar-refractivity contribution < 1.29 is 4.79 Å². The number of nitrogens with one attached hydrogen (secondary N) is 1. The van der Waals surface area contributed by atoms with Crippen molar-refractivity contribution in [3.8, 4) is 12.1 Å². The lowest BCUT2D eigenvalue weighted by atomic mass is 10.1. The van der Waals surface area contributed by atoms with E-state index in [1.54, 1.807) is 12.1 Å². The Morgan fingerprint density at radius 3 is 2.88 bits per heavy atom. The molecule has 1 fully saturated rings. The van der Waals surface area contributed by atoms with Crippen LogP contribution in [0.15, 0.2) is 42.6 Å². The van der Waals surface area contributed by atoms with Gasteiger partial charge in [0.2, 0.25) is 0 Å². The largest absolute Gasteiger partial charge is 0.352 e. The molecule has 0 saturated carbocycles. The molecule has 6 heteroatoms. The first-order chi connectivity index (χ1) is 12.7. The van der Waals surface area contributed by atoms with Crippen LogP contribution in [0.5, 0.6) is 0 Å². The van der Waals surface area contributed by atoms with Crippen LogP contribution in [0, 0.1) is 28.6 Å². The number of nitriles is 2. The molecule has 26 heavy (non-hydrogen) atoms. The lowest BCUT2D eigenvalue weighted by Gasteiger charge is -2.16. The van der Waals surface area contributed by atoms with Crippen molar-refractivity contribution in [2.45, 2.75) is 13.0 Å². The second kappa shape index (κ2) is 8.24. The van der Waals surface area contributed by atoms with Gasteiger partial charge in [0.15, 0.2) is 0 Å². The van der Waals surface area contributed by atoms with Crippen LogP contribution in [0.1, 0.15) is 33.6 Å². The second-order valence-corrected chi connectivity index (χ2v) is 6.46. The number of hydrogen-bond acceptors (Lipinski definition) is 5. The van der Waals surface area contributed by atoms with Crippen molar-refractivity contribution in [1.29, 1.82) is 10.5 Å². The Hall–Kier alpha value is -3.22. The third-order valence-electron chi connectivity index (χ3n) is 4.52. The van der Waals surface area contributed by atoms with Crippen LogP contribution in [0.2, 0.25) is 0 Å². The molecule has 0 unspecified atom stereocenters. The molecule has 3 rings (SSSR count). The monoisotopic (exact) mass is 345 g/mol. The van der Waals surface area contributed by atoms with Gasteiger partial charge in [-0.3, -0.25) is 9.69 Å². The third kappa shape index (κ3) is 4.44. The van der Waals surface area contributed by atoms with E-state index in [1.165, 1.54) is 6.20 Å². The van der Waals surface area contributed by atoms with Crippen LogP contribution in [-0.2, 0) is 6.54 Å². The number of nitrogens with zero attached hydrogens (tertiary/aromatic N) is 4. The van der Waals surface area contributed by atoms with E-state index in [2.05, 4.69) is 21.3 Å². The fourth-order valence-electron chi connectivity index (χ4n) is 3.15. The zero-order valence-corrected chi connectivity index (χ0v) is 14.4. The van der Waals surface area contributed by atoms with Crippen molar-refractivity contribution in [3.05, 3.63) is 65.0 Å². The molecule has 1 aliphatic rings. The number of amides is 1. The number of rotatable bonds is 5. The van der Waals surface area contributed by atoms with E-state index in [4.69, 9.17) is 10.5 Å². The molecule has 6 nitrogen and oxygen atoms in total. The van der Waals surface area contributed by atoms with Gasteiger partial charge in [0.05, 0.1) is 17.2 Å². The third-order valence-corrected chi connectivity index (χ3v) is 4.52. The van der Waals surface area contributed by atoms with Gasteiger partial charge in [-0.15, -0.1) is 0 Å². The fraction of sp³-hybridized carbons (Fsp3) is 0.300. The van der Waals surface area contributed by atoms with Crippen molar-refractivity contribution in [3.63, 3.8) is 0 Å². The van der Waals surface area contributed by atoms with E-state index in [9.17, 15) is 4.79 Å². The first-order valence-corrected chi connectivity index (χ1v) is 8.53.